The van der Waals surface area contributed by atoms with Crippen molar-refractivity contribution in [2.24, 2.45) is 5.73 Å². The molecule has 0 unspecified atom stereocenters. The molecule has 0 fully saturated rings. The highest BCUT2D eigenvalue weighted by Gasteiger charge is 2.23. The van der Waals surface area contributed by atoms with Gasteiger partial charge in [0, 0.05) is 24.1 Å². The van der Waals surface area contributed by atoms with E-state index in [1.54, 1.807) is 7.11 Å². The highest BCUT2D eigenvalue weighted by molar-refractivity contribution is 5.43. The standard InChI is InChI=1S/C11H15NO2/c1-7-5-10(12)9-4-3-8(13-2)6-11(9)14-7/h3-4,6-7,10H,5,12H2,1-2H3/t7-,10-/m1/s1. The van der Waals surface area contributed by atoms with Crippen molar-refractivity contribution in [3.63, 3.8) is 0 Å². The highest BCUT2D eigenvalue weighted by Crippen LogP contribution is 2.35. The average Bonchev–Trinajstić information content (AvgIpc) is 2.16. The number of hydrogen-bond donors (Lipinski definition) is 1. The lowest BCUT2D eigenvalue weighted by Crippen LogP contribution is -2.27. The van der Waals surface area contributed by atoms with Gasteiger partial charge in [0.05, 0.1) is 13.2 Å². The Bertz CT molecular complexity index is 338. The van der Waals surface area contributed by atoms with Crippen molar-refractivity contribution in [1.29, 1.82) is 0 Å². The molecule has 2 rings (SSSR count). The minimum Gasteiger partial charge on any atom is -0.497 e. The van der Waals surface area contributed by atoms with Gasteiger partial charge in [-0.3, -0.25) is 0 Å². The molecular formula is C11H15NO2. The van der Waals surface area contributed by atoms with Gasteiger partial charge in [0.25, 0.3) is 0 Å². The van der Waals surface area contributed by atoms with E-state index in [4.69, 9.17) is 15.2 Å². The summed E-state index contributed by atoms with van der Waals surface area (Å²) in [5, 5.41) is 0. The second-order valence-electron chi connectivity index (χ2n) is 3.67. The summed E-state index contributed by atoms with van der Waals surface area (Å²) < 4.78 is 10.8. The van der Waals surface area contributed by atoms with Crippen molar-refractivity contribution in [2.45, 2.75) is 25.5 Å². The van der Waals surface area contributed by atoms with E-state index in [0.29, 0.717) is 0 Å². The molecule has 1 aromatic rings. The molecule has 1 heterocycles. The molecule has 3 heteroatoms. The molecule has 0 amide bonds. The molecule has 0 saturated carbocycles. The second kappa shape index (κ2) is 3.50. The fourth-order valence-corrected chi connectivity index (χ4v) is 1.80. The normalized spacial score (nSPS) is 25.1. The summed E-state index contributed by atoms with van der Waals surface area (Å²) in [6.45, 7) is 2.03. The molecule has 1 aliphatic rings. The topological polar surface area (TPSA) is 44.5 Å². The van der Waals surface area contributed by atoms with Crippen LogP contribution in [0.15, 0.2) is 18.2 Å². The smallest absolute Gasteiger partial charge is 0.128 e. The van der Waals surface area contributed by atoms with Gasteiger partial charge in [0.15, 0.2) is 0 Å². The number of nitrogens with two attached hydrogens (primary N) is 1. The van der Waals surface area contributed by atoms with Crippen LogP contribution < -0.4 is 15.2 Å². The fraction of sp³-hybridized carbons (Fsp3) is 0.455. The Balaban J connectivity index is 2.39. The summed E-state index contributed by atoms with van der Waals surface area (Å²) in [6.07, 6.45) is 1.06. The van der Waals surface area contributed by atoms with Gasteiger partial charge >= 0.3 is 0 Å². The van der Waals surface area contributed by atoms with Crippen molar-refractivity contribution in [3.05, 3.63) is 23.8 Å². The van der Waals surface area contributed by atoms with Crippen LogP contribution in [0.2, 0.25) is 0 Å². The molecule has 0 bridgehead atoms. The third kappa shape index (κ3) is 1.55. The monoisotopic (exact) mass is 193 g/mol. The zero-order valence-electron chi connectivity index (χ0n) is 8.49. The van der Waals surface area contributed by atoms with Crippen molar-refractivity contribution < 1.29 is 9.47 Å². The molecule has 14 heavy (non-hydrogen) atoms. The third-order valence-corrected chi connectivity index (χ3v) is 2.53. The lowest BCUT2D eigenvalue weighted by molar-refractivity contribution is 0.176. The molecule has 2 N–H and O–H groups in total. The van der Waals surface area contributed by atoms with Gasteiger partial charge in [-0.25, -0.2) is 0 Å². The zero-order chi connectivity index (χ0) is 10.1. The highest BCUT2D eigenvalue weighted by atomic mass is 16.5. The van der Waals surface area contributed by atoms with Crippen molar-refractivity contribution in [2.75, 3.05) is 7.11 Å². The average molecular weight is 193 g/mol. The Morgan fingerprint density at radius 1 is 1.50 bits per heavy atom. The van der Waals surface area contributed by atoms with E-state index >= 15 is 0 Å². The lowest BCUT2D eigenvalue weighted by Gasteiger charge is -2.28. The van der Waals surface area contributed by atoms with E-state index in [1.807, 2.05) is 25.1 Å². The minimum absolute atomic E-state index is 0.0830. The second-order valence-corrected chi connectivity index (χ2v) is 3.67. The quantitative estimate of drug-likeness (QED) is 0.740. The molecule has 2 atom stereocenters. The van der Waals surface area contributed by atoms with E-state index in [9.17, 15) is 0 Å². The van der Waals surface area contributed by atoms with E-state index < -0.39 is 0 Å². The van der Waals surface area contributed by atoms with Crippen LogP contribution >= 0.6 is 0 Å². The number of ether oxygens (including phenoxy) is 2. The molecule has 0 spiro atoms. The first kappa shape index (κ1) is 9.34. The number of methoxy groups -OCH3 is 1. The van der Waals surface area contributed by atoms with Crippen LogP contribution in [0, 0.1) is 0 Å². The van der Waals surface area contributed by atoms with Crippen LogP contribution in [0.5, 0.6) is 11.5 Å². The Morgan fingerprint density at radius 2 is 2.29 bits per heavy atom. The van der Waals surface area contributed by atoms with Crippen molar-refractivity contribution >= 4 is 0 Å². The van der Waals surface area contributed by atoms with E-state index in [-0.39, 0.29) is 12.1 Å². The molecule has 3 nitrogen and oxygen atoms in total. The van der Waals surface area contributed by atoms with Crippen LogP contribution in [-0.4, -0.2) is 13.2 Å². The maximum absolute atomic E-state index is 6.01. The summed E-state index contributed by atoms with van der Waals surface area (Å²) in [5.74, 6) is 1.67. The summed E-state index contributed by atoms with van der Waals surface area (Å²) in [5.41, 5.74) is 7.08. The van der Waals surface area contributed by atoms with Crippen LogP contribution in [-0.2, 0) is 0 Å². The SMILES string of the molecule is COc1ccc2c(c1)O[C@H](C)C[C@H]2N. The summed E-state index contributed by atoms with van der Waals surface area (Å²) in [7, 11) is 1.65. The van der Waals surface area contributed by atoms with Crippen molar-refractivity contribution in [1.82, 2.24) is 0 Å². The Kier molecular flexibility index (Phi) is 2.33. The van der Waals surface area contributed by atoms with Crippen molar-refractivity contribution in [3.8, 4) is 11.5 Å². The zero-order valence-corrected chi connectivity index (χ0v) is 8.49. The summed E-state index contributed by atoms with van der Waals surface area (Å²) in [4.78, 5) is 0. The van der Waals surface area contributed by atoms with Crippen LogP contribution in [0.1, 0.15) is 24.9 Å². The first-order valence-electron chi connectivity index (χ1n) is 4.81. The largest absolute Gasteiger partial charge is 0.497 e. The molecule has 0 radical (unpaired) electrons. The molecule has 1 aliphatic heterocycles. The Labute approximate surface area is 83.8 Å². The fourth-order valence-electron chi connectivity index (χ4n) is 1.80. The first-order chi connectivity index (χ1) is 6.70. The number of fused-ring (bicyclic) bond motifs is 1. The van der Waals surface area contributed by atoms with Gasteiger partial charge in [-0.05, 0) is 13.0 Å². The lowest BCUT2D eigenvalue weighted by atomic mass is 9.98. The Hall–Kier alpha value is -1.22. The van der Waals surface area contributed by atoms with E-state index in [2.05, 4.69) is 0 Å². The van der Waals surface area contributed by atoms with Gasteiger partial charge in [0.2, 0.25) is 0 Å². The molecule has 76 valence electrons. The predicted molar refractivity (Wildman–Crippen MR) is 54.6 cm³/mol. The number of hydrogen-bond acceptors (Lipinski definition) is 3. The van der Waals surface area contributed by atoms with Gasteiger partial charge < -0.3 is 15.2 Å². The van der Waals surface area contributed by atoms with E-state index in [1.165, 1.54) is 0 Å². The third-order valence-electron chi connectivity index (χ3n) is 2.53. The summed E-state index contributed by atoms with van der Waals surface area (Å²) >= 11 is 0. The van der Waals surface area contributed by atoms with Gasteiger partial charge in [-0.15, -0.1) is 0 Å². The molecule has 0 aliphatic carbocycles. The molecule has 0 aromatic heterocycles. The number of benzene rings is 1. The predicted octanol–water partition coefficient (Wildman–Crippen LogP) is 1.87. The van der Waals surface area contributed by atoms with Gasteiger partial charge in [-0.2, -0.15) is 0 Å². The molecule has 1 aromatic carbocycles. The Morgan fingerprint density at radius 3 is 3.00 bits per heavy atom. The maximum atomic E-state index is 6.01. The van der Waals surface area contributed by atoms with Crippen LogP contribution in [0.3, 0.4) is 0 Å². The van der Waals surface area contributed by atoms with Gasteiger partial charge in [-0.1, -0.05) is 6.07 Å². The van der Waals surface area contributed by atoms with Crippen LogP contribution in [0.25, 0.3) is 0 Å². The molecule has 0 saturated heterocycles. The van der Waals surface area contributed by atoms with E-state index in [0.717, 1.165) is 23.5 Å². The molecular weight excluding hydrogens is 178 g/mol. The minimum atomic E-state index is 0.0830. The van der Waals surface area contributed by atoms with Gasteiger partial charge in [0.1, 0.15) is 11.5 Å². The van der Waals surface area contributed by atoms with Crippen LogP contribution in [0.4, 0.5) is 0 Å². The maximum Gasteiger partial charge on any atom is 0.128 e. The first-order valence-corrected chi connectivity index (χ1v) is 4.81. The summed E-state index contributed by atoms with van der Waals surface area (Å²) in [6, 6.07) is 5.87. The number of rotatable bonds is 1.